The van der Waals surface area contributed by atoms with Crippen LogP contribution in [0, 0.1) is 30.6 Å². The van der Waals surface area contributed by atoms with Crippen LogP contribution in [0.4, 0.5) is 5.69 Å². The third-order valence-electron chi connectivity index (χ3n) is 9.06. The fraction of sp³-hybridized carbons (Fsp3) is 0.538. The Bertz CT molecular complexity index is 1110. The van der Waals surface area contributed by atoms with Gasteiger partial charge in [0.25, 0.3) is 0 Å². The Morgan fingerprint density at radius 3 is 2.34 bits per heavy atom. The molecule has 3 heteroatoms. The second-order valence-corrected chi connectivity index (χ2v) is 10.4. The normalized spacial score (nSPS) is 37.2. The van der Waals surface area contributed by atoms with Gasteiger partial charge in [-0.15, -0.1) is 0 Å². The van der Waals surface area contributed by atoms with Gasteiger partial charge in [-0.2, -0.15) is 0 Å². The molecule has 0 radical (unpaired) electrons. The number of rotatable bonds is 1. The van der Waals surface area contributed by atoms with E-state index < -0.39 is 0 Å². The lowest BCUT2D eigenvalue weighted by molar-refractivity contribution is -0.0596. The highest BCUT2D eigenvalue weighted by molar-refractivity contribution is 5.85. The summed E-state index contributed by atoms with van der Waals surface area (Å²) in [6, 6.07) is 11.6. The van der Waals surface area contributed by atoms with Crippen molar-refractivity contribution in [1.82, 2.24) is 4.57 Å². The first kappa shape index (κ1) is 16.6. The molecule has 0 amide bonds. The minimum absolute atomic E-state index is 0.112. The average molecular weight is 387 g/mol. The van der Waals surface area contributed by atoms with E-state index in [9.17, 15) is 0 Å². The molecule has 8 rings (SSSR count). The Hall–Kier alpha value is -2.16. The lowest BCUT2D eigenvalue weighted by atomic mass is 9.47. The summed E-state index contributed by atoms with van der Waals surface area (Å²) in [7, 11) is 2.12. The largest absolute Gasteiger partial charge is 0.442 e. The summed E-state index contributed by atoms with van der Waals surface area (Å²) >= 11 is 0. The van der Waals surface area contributed by atoms with Crippen LogP contribution in [-0.2, 0) is 12.6 Å². The van der Waals surface area contributed by atoms with Gasteiger partial charge in [-0.25, -0.2) is 0 Å². The molecule has 4 fully saturated rings. The van der Waals surface area contributed by atoms with Crippen molar-refractivity contribution in [2.24, 2.45) is 30.7 Å². The standard InChI is InChI=1S/C26H30N2O/c1-15-6-4-5-7-22(15)28-16(2)24-23(21-8-9-27(3)25(21)29-24)26(28)19-11-17-10-18(13-19)14-20(26)12-17/h4-9,16-20H,10-14H2,1-3H3/t16-,17?,18?,19?,20?,26?/m0/s1. The highest BCUT2D eigenvalue weighted by Crippen LogP contribution is 2.70. The number of aryl methyl sites for hydroxylation is 2. The van der Waals surface area contributed by atoms with Gasteiger partial charge in [-0.1, -0.05) is 18.2 Å². The molecule has 150 valence electrons. The molecule has 2 aromatic heterocycles. The second kappa shape index (κ2) is 5.30. The number of aromatic nitrogens is 1. The Morgan fingerprint density at radius 2 is 1.66 bits per heavy atom. The SMILES string of the molecule is Cc1ccccc1N1[C@@H](C)c2oc3c(ccn3C)c2C12C1CC3CC(C1)CC2C3. The van der Waals surface area contributed by atoms with Crippen LogP contribution in [0.15, 0.2) is 40.9 Å². The van der Waals surface area contributed by atoms with Gasteiger partial charge >= 0.3 is 0 Å². The monoisotopic (exact) mass is 386 g/mol. The average Bonchev–Trinajstić information content (AvgIpc) is 3.31. The predicted octanol–water partition coefficient (Wildman–Crippen LogP) is 6.31. The van der Waals surface area contributed by atoms with Crippen molar-refractivity contribution in [3.63, 3.8) is 0 Å². The van der Waals surface area contributed by atoms with Crippen LogP contribution in [0.2, 0.25) is 0 Å². The fourth-order valence-corrected chi connectivity index (χ4v) is 8.33. The van der Waals surface area contributed by atoms with Crippen LogP contribution >= 0.6 is 0 Å². The van der Waals surface area contributed by atoms with E-state index in [4.69, 9.17) is 4.42 Å². The molecule has 1 aliphatic heterocycles. The molecule has 4 saturated carbocycles. The van der Waals surface area contributed by atoms with Crippen LogP contribution in [0.1, 0.15) is 62.0 Å². The van der Waals surface area contributed by atoms with Gasteiger partial charge in [0.2, 0.25) is 5.71 Å². The molecule has 0 N–H and O–H groups in total. The van der Waals surface area contributed by atoms with E-state index in [-0.39, 0.29) is 11.6 Å². The van der Waals surface area contributed by atoms with Crippen LogP contribution in [0.3, 0.4) is 0 Å². The number of anilines is 1. The highest BCUT2D eigenvalue weighted by Gasteiger charge is 2.66. The van der Waals surface area contributed by atoms with Crippen LogP contribution < -0.4 is 4.90 Å². The summed E-state index contributed by atoms with van der Waals surface area (Å²) in [4.78, 5) is 2.83. The third-order valence-corrected chi connectivity index (χ3v) is 9.06. The molecule has 1 atom stereocenters. The van der Waals surface area contributed by atoms with Crippen LogP contribution in [-0.4, -0.2) is 4.57 Å². The maximum absolute atomic E-state index is 6.64. The van der Waals surface area contributed by atoms with E-state index in [2.05, 4.69) is 66.9 Å². The highest BCUT2D eigenvalue weighted by atomic mass is 16.4. The predicted molar refractivity (Wildman–Crippen MR) is 116 cm³/mol. The number of hydrogen-bond donors (Lipinski definition) is 0. The summed E-state index contributed by atoms with van der Waals surface area (Å²) in [5.74, 6) is 4.66. The van der Waals surface area contributed by atoms with Crippen molar-refractivity contribution < 1.29 is 4.42 Å². The van der Waals surface area contributed by atoms with Gasteiger partial charge in [-0.3, -0.25) is 0 Å². The van der Waals surface area contributed by atoms with Crippen LogP contribution in [0.5, 0.6) is 0 Å². The van der Waals surface area contributed by atoms with Gasteiger partial charge < -0.3 is 13.9 Å². The topological polar surface area (TPSA) is 21.3 Å². The van der Waals surface area contributed by atoms with Crippen molar-refractivity contribution in [2.45, 2.75) is 57.5 Å². The Morgan fingerprint density at radius 1 is 0.966 bits per heavy atom. The van der Waals surface area contributed by atoms with Crippen molar-refractivity contribution in [3.8, 4) is 0 Å². The minimum Gasteiger partial charge on any atom is -0.442 e. The second-order valence-electron chi connectivity index (χ2n) is 10.4. The molecule has 0 saturated heterocycles. The molecule has 3 heterocycles. The first-order valence-corrected chi connectivity index (χ1v) is 11.5. The number of hydrogen-bond acceptors (Lipinski definition) is 2. The van der Waals surface area contributed by atoms with Gasteiger partial charge in [0.15, 0.2) is 0 Å². The molecule has 4 bridgehead atoms. The minimum atomic E-state index is 0.112. The lowest BCUT2D eigenvalue weighted by Crippen LogP contribution is -2.62. The molecule has 4 aliphatic carbocycles. The molecule has 5 aliphatic rings. The van der Waals surface area contributed by atoms with Gasteiger partial charge in [0, 0.05) is 29.9 Å². The summed E-state index contributed by atoms with van der Waals surface area (Å²) in [6.45, 7) is 4.66. The third kappa shape index (κ3) is 1.82. The van der Waals surface area contributed by atoms with E-state index >= 15 is 0 Å². The molecule has 0 unspecified atom stereocenters. The number of furan rings is 1. The van der Waals surface area contributed by atoms with Gasteiger partial charge in [0.1, 0.15) is 5.76 Å². The summed E-state index contributed by atoms with van der Waals surface area (Å²) in [5.41, 5.74) is 5.54. The molecule has 1 spiro atoms. The van der Waals surface area contributed by atoms with Crippen molar-refractivity contribution in [2.75, 3.05) is 4.90 Å². The van der Waals surface area contributed by atoms with Crippen molar-refractivity contribution in [1.29, 1.82) is 0 Å². The van der Waals surface area contributed by atoms with Crippen molar-refractivity contribution >= 4 is 16.8 Å². The number of nitrogens with zero attached hydrogens (tertiary/aromatic N) is 2. The maximum atomic E-state index is 6.64. The zero-order chi connectivity index (χ0) is 19.5. The molecule has 1 aromatic carbocycles. The molecule has 3 aromatic rings. The summed E-state index contributed by atoms with van der Waals surface area (Å²) < 4.78 is 8.81. The first-order valence-electron chi connectivity index (χ1n) is 11.5. The van der Waals surface area contributed by atoms with E-state index in [1.165, 1.54) is 54.5 Å². The van der Waals surface area contributed by atoms with E-state index in [0.29, 0.717) is 0 Å². The van der Waals surface area contributed by atoms with E-state index in [1.54, 1.807) is 5.56 Å². The number of benzene rings is 1. The van der Waals surface area contributed by atoms with E-state index in [0.717, 1.165) is 29.4 Å². The molecular formula is C26H30N2O. The number of fused-ring (bicyclic) bond motifs is 3. The van der Waals surface area contributed by atoms with Crippen LogP contribution in [0.25, 0.3) is 11.1 Å². The molecule has 29 heavy (non-hydrogen) atoms. The van der Waals surface area contributed by atoms with Gasteiger partial charge in [-0.05, 0) is 87.3 Å². The van der Waals surface area contributed by atoms with E-state index in [1.807, 2.05) is 0 Å². The Balaban J connectivity index is 1.55. The lowest BCUT2D eigenvalue weighted by Gasteiger charge is -2.63. The smallest absolute Gasteiger partial charge is 0.207 e. The van der Waals surface area contributed by atoms with Crippen molar-refractivity contribution in [3.05, 3.63) is 53.4 Å². The Labute approximate surface area is 172 Å². The summed E-state index contributed by atoms with van der Waals surface area (Å²) in [6.07, 6.45) is 9.28. The maximum Gasteiger partial charge on any atom is 0.207 e. The zero-order valence-electron chi connectivity index (χ0n) is 17.7. The quantitative estimate of drug-likeness (QED) is 0.488. The van der Waals surface area contributed by atoms with Gasteiger partial charge in [0.05, 0.1) is 11.6 Å². The molecule has 3 nitrogen and oxygen atoms in total. The first-order chi connectivity index (χ1) is 14.1. The fourth-order valence-electron chi connectivity index (χ4n) is 8.33. The zero-order valence-corrected chi connectivity index (χ0v) is 17.7. The number of para-hydroxylation sites is 1. The molecular weight excluding hydrogens is 356 g/mol. The summed E-state index contributed by atoms with van der Waals surface area (Å²) in [5, 5.41) is 1.37. The Kier molecular flexibility index (Phi) is 3.04.